The minimum absolute atomic E-state index is 0.169. The Morgan fingerprint density at radius 3 is 2.21 bits per heavy atom. The zero-order valence-electron chi connectivity index (χ0n) is 16.0. The second kappa shape index (κ2) is 8.39. The molecule has 3 nitrogen and oxygen atoms in total. The van der Waals surface area contributed by atoms with Gasteiger partial charge in [0.2, 0.25) is 6.10 Å². The number of carbonyl (C=O) groups is 1. The first-order chi connectivity index (χ1) is 13.7. The molecule has 0 saturated carbocycles. The lowest BCUT2D eigenvalue weighted by atomic mass is 10.1. The Hall–Kier alpha value is -3.28. The quantitative estimate of drug-likeness (QED) is 0.565. The van der Waals surface area contributed by atoms with Crippen LogP contribution in [0.15, 0.2) is 72.8 Å². The van der Waals surface area contributed by atoms with Gasteiger partial charge in [0.05, 0.1) is 5.56 Å². The topological polar surface area (TPSA) is 38.3 Å². The molecular formula is C23H20F3NO2. The Labute approximate surface area is 167 Å². The van der Waals surface area contributed by atoms with Gasteiger partial charge in [0.1, 0.15) is 5.75 Å². The second-order valence-electron chi connectivity index (χ2n) is 6.74. The number of benzene rings is 3. The Kier molecular flexibility index (Phi) is 5.92. The number of hydrogen-bond acceptors (Lipinski definition) is 2. The smallest absolute Gasteiger partial charge is 0.416 e. The average molecular weight is 399 g/mol. The van der Waals surface area contributed by atoms with Gasteiger partial charge in [-0.3, -0.25) is 4.79 Å². The van der Waals surface area contributed by atoms with Gasteiger partial charge in [-0.25, -0.2) is 0 Å². The molecule has 1 amide bonds. The third-order valence-electron chi connectivity index (χ3n) is 4.43. The van der Waals surface area contributed by atoms with Crippen LogP contribution in [0.25, 0.3) is 0 Å². The van der Waals surface area contributed by atoms with E-state index in [2.05, 4.69) is 5.32 Å². The molecule has 0 aromatic heterocycles. The van der Waals surface area contributed by atoms with Crippen molar-refractivity contribution in [3.8, 4) is 5.75 Å². The molecule has 29 heavy (non-hydrogen) atoms. The average Bonchev–Trinajstić information content (AvgIpc) is 2.69. The summed E-state index contributed by atoms with van der Waals surface area (Å²) in [6.07, 6.45) is -5.45. The van der Waals surface area contributed by atoms with Gasteiger partial charge in [0.15, 0.2) is 0 Å². The molecule has 0 heterocycles. The molecule has 3 rings (SSSR count). The molecule has 1 atom stereocenters. The molecule has 0 spiro atoms. The molecular weight excluding hydrogens is 379 g/mol. The van der Waals surface area contributed by atoms with E-state index in [4.69, 9.17) is 4.74 Å². The normalized spacial score (nSPS) is 12.3. The van der Waals surface area contributed by atoms with Gasteiger partial charge in [0.25, 0.3) is 5.91 Å². The number of rotatable bonds is 5. The van der Waals surface area contributed by atoms with E-state index in [-0.39, 0.29) is 5.75 Å². The highest BCUT2D eigenvalue weighted by molar-refractivity contribution is 5.95. The predicted molar refractivity (Wildman–Crippen MR) is 106 cm³/mol. The molecule has 0 unspecified atom stereocenters. The number of ether oxygens (including phenoxy) is 1. The molecule has 3 aromatic rings. The summed E-state index contributed by atoms with van der Waals surface area (Å²) in [7, 11) is 0. The molecule has 150 valence electrons. The first-order valence-electron chi connectivity index (χ1n) is 9.01. The number of halogens is 3. The number of anilines is 1. The lowest BCUT2D eigenvalue weighted by Crippen LogP contribution is -2.26. The van der Waals surface area contributed by atoms with Crippen molar-refractivity contribution in [1.82, 2.24) is 0 Å². The summed E-state index contributed by atoms with van der Waals surface area (Å²) < 4.78 is 44.1. The van der Waals surface area contributed by atoms with E-state index in [1.54, 1.807) is 30.3 Å². The van der Waals surface area contributed by atoms with E-state index in [0.29, 0.717) is 11.3 Å². The second-order valence-corrected chi connectivity index (χ2v) is 6.74. The summed E-state index contributed by atoms with van der Waals surface area (Å²) in [5.41, 5.74) is 2.36. The number of hydrogen-bond donors (Lipinski definition) is 1. The maximum atomic E-state index is 13.0. The lowest BCUT2D eigenvalue weighted by Gasteiger charge is -2.20. The minimum atomic E-state index is -4.43. The third kappa shape index (κ3) is 5.16. The summed E-state index contributed by atoms with van der Waals surface area (Å²) >= 11 is 0. The minimum Gasteiger partial charge on any atom is -0.476 e. The molecule has 0 aliphatic heterocycles. The maximum Gasteiger partial charge on any atom is 0.416 e. The van der Waals surface area contributed by atoms with E-state index in [9.17, 15) is 18.0 Å². The van der Waals surface area contributed by atoms with E-state index < -0.39 is 23.8 Å². The number of nitrogens with one attached hydrogen (secondary N) is 1. The van der Waals surface area contributed by atoms with Crippen molar-refractivity contribution in [2.75, 3.05) is 5.32 Å². The van der Waals surface area contributed by atoms with Gasteiger partial charge in [-0.1, -0.05) is 42.5 Å². The zero-order chi connectivity index (χ0) is 21.0. The van der Waals surface area contributed by atoms with Gasteiger partial charge >= 0.3 is 6.18 Å². The molecule has 0 bridgehead atoms. The van der Waals surface area contributed by atoms with Gasteiger partial charge in [0, 0.05) is 11.3 Å². The summed E-state index contributed by atoms with van der Waals surface area (Å²) in [4.78, 5) is 13.0. The van der Waals surface area contributed by atoms with Crippen LogP contribution < -0.4 is 10.1 Å². The first kappa shape index (κ1) is 20.5. The Morgan fingerprint density at radius 2 is 1.59 bits per heavy atom. The highest BCUT2D eigenvalue weighted by atomic mass is 19.4. The number of alkyl halides is 3. The molecule has 0 fully saturated rings. The van der Waals surface area contributed by atoms with Crippen molar-refractivity contribution in [3.05, 3.63) is 95.1 Å². The fraction of sp³-hybridized carbons (Fsp3) is 0.174. The van der Waals surface area contributed by atoms with Crippen molar-refractivity contribution in [2.45, 2.75) is 26.1 Å². The van der Waals surface area contributed by atoms with Crippen LogP contribution in [0.2, 0.25) is 0 Å². The van der Waals surface area contributed by atoms with Gasteiger partial charge < -0.3 is 10.1 Å². The molecule has 0 saturated heterocycles. The van der Waals surface area contributed by atoms with Crippen LogP contribution in [0.3, 0.4) is 0 Å². The molecule has 6 heteroatoms. The fourth-order valence-corrected chi connectivity index (χ4v) is 2.83. The van der Waals surface area contributed by atoms with Crippen LogP contribution in [-0.4, -0.2) is 5.91 Å². The van der Waals surface area contributed by atoms with Crippen molar-refractivity contribution in [2.24, 2.45) is 0 Å². The van der Waals surface area contributed by atoms with Crippen LogP contribution in [0, 0.1) is 13.8 Å². The van der Waals surface area contributed by atoms with Crippen LogP contribution in [0.1, 0.15) is 28.4 Å². The number of aryl methyl sites for hydroxylation is 2. The Bertz CT molecular complexity index is 983. The molecule has 0 radical (unpaired) electrons. The molecule has 3 aromatic carbocycles. The predicted octanol–water partition coefficient (Wildman–Crippen LogP) is 6.08. The monoisotopic (exact) mass is 399 g/mol. The van der Waals surface area contributed by atoms with Crippen molar-refractivity contribution >= 4 is 11.6 Å². The highest BCUT2D eigenvalue weighted by Crippen LogP contribution is 2.31. The van der Waals surface area contributed by atoms with Crippen LogP contribution in [0.5, 0.6) is 5.75 Å². The van der Waals surface area contributed by atoms with Crippen LogP contribution in [-0.2, 0) is 11.0 Å². The van der Waals surface area contributed by atoms with Gasteiger partial charge in [-0.05, 0) is 55.3 Å². The maximum absolute atomic E-state index is 13.0. The Balaban J connectivity index is 1.87. The summed E-state index contributed by atoms with van der Waals surface area (Å²) in [5, 5.41) is 2.86. The molecule has 0 aliphatic rings. The summed E-state index contributed by atoms with van der Waals surface area (Å²) in [6, 6.07) is 18.8. The third-order valence-corrected chi connectivity index (χ3v) is 4.43. The number of amides is 1. The molecule has 0 aliphatic carbocycles. The van der Waals surface area contributed by atoms with E-state index in [0.717, 1.165) is 23.3 Å². The first-order valence-corrected chi connectivity index (χ1v) is 9.01. The van der Waals surface area contributed by atoms with Crippen LogP contribution in [0.4, 0.5) is 18.9 Å². The summed E-state index contributed by atoms with van der Waals surface area (Å²) in [6.45, 7) is 3.80. The largest absolute Gasteiger partial charge is 0.476 e. The van der Waals surface area contributed by atoms with E-state index in [1.807, 2.05) is 32.0 Å². The number of carbonyl (C=O) groups excluding carboxylic acids is 1. The van der Waals surface area contributed by atoms with E-state index >= 15 is 0 Å². The van der Waals surface area contributed by atoms with Crippen molar-refractivity contribution < 1.29 is 22.7 Å². The standard InChI is InChI=1S/C23H20F3NO2/c1-15-8-9-16(2)20(14-15)27-22(28)21(17-6-4-3-5-7-17)29-19-12-10-18(11-13-19)23(24,25)26/h3-14,21H,1-2H3,(H,27,28)/t21-/m1/s1. The SMILES string of the molecule is Cc1ccc(C)c(NC(=O)[C@H](Oc2ccc(C(F)(F)F)cc2)c2ccccc2)c1. The molecule has 1 N–H and O–H groups in total. The summed E-state index contributed by atoms with van der Waals surface area (Å²) in [5.74, 6) is -0.243. The highest BCUT2D eigenvalue weighted by Gasteiger charge is 2.30. The van der Waals surface area contributed by atoms with Crippen molar-refractivity contribution in [3.63, 3.8) is 0 Å². The Morgan fingerprint density at radius 1 is 0.931 bits per heavy atom. The van der Waals surface area contributed by atoms with Crippen molar-refractivity contribution in [1.29, 1.82) is 0 Å². The zero-order valence-corrected chi connectivity index (χ0v) is 16.0. The van der Waals surface area contributed by atoms with Crippen LogP contribution >= 0.6 is 0 Å². The van der Waals surface area contributed by atoms with E-state index in [1.165, 1.54) is 12.1 Å². The van der Waals surface area contributed by atoms with Gasteiger partial charge in [-0.2, -0.15) is 13.2 Å². The fourth-order valence-electron chi connectivity index (χ4n) is 2.83. The van der Waals surface area contributed by atoms with Gasteiger partial charge in [-0.15, -0.1) is 0 Å². The lowest BCUT2D eigenvalue weighted by molar-refractivity contribution is -0.137.